The highest BCUT2D eigenvalue weighted by Crippen LogP contribution is 2.39. The summed E-state index contributed by atoms with van der Waals surface area (Å²) in [5.74, 6) is 0.191. The van der Waals surface area contributed by atoms with Crippen molar-refractivity contribution in [3.05, 3.63) is 29.6 Å². The molecule has 1 atom stereocenters. The average Bonchev–Trinajstić information content (AvgIpc) is 2.84. The largest absolute Gasteiger partial charge is 0.475 e. The van der Waals surface area contributed by atoms with Crippen molar-refractivity contribution in [3.8, 4) is 17.1 Å². The van der Waals surface area contributed by atoms with Crippen LogP contribution in [0.15, 0.2) is 23.1 Å². The van der Waals surface area contributed by atoms with Crippen molar-refractivity contribution in [1.82, 2.24) is 9.78 Å². The molecule has 24 heavy (non-hydrogen) atoms. The Morgan fingerprint density at radius 2 is 2.08 bits per heavy atom. The molecule has 2 heterocycles. The maximum Gasteiger partial charge on any atom is 0.216 e. The smallest absolute Gasteiger partial charge is 0.216 e. The molecule has 0 amide bonds. The van der Waals surface area contributed by atoms with Crippen LogP contribution in [0.4, 0.5) is 4.39 Å². The van der Waals surface area contributed by atoms with Gasteiger partial charge in [-0.25, -0.2) is 17.5 Å². The highest BCUT2D eigenvalue weighted by atomic mass is 32.2. The van der Waals surface area contributed by atoms with Crippen LogP contribution in [0.5, 0.6) is 5.88 Å². The topological polar surface area (TPSA) is 61.2 Å². The van der Waals surface area contributed by atoms with E-state index < -0.39 is 15.7 Å². The molecule has 0 unspecified atom stereocenters. The lowest BCUT2D eigenvalue weighted by Crippen LogP contribution is -2.23. The fourth-order valence-electron chi connectivity index (χ4n) is 2.93. The third-order valence-corrected chi connectivity index (χ3v) is 5.31. The van der Waals surface area contributed by atoms with E-state index in [4.69, 9.17) is 4.74 Å². The Labute approximate surface area is 141 Å². The highest BCUT2D eigenvalue weighted by molar-refractivity contribution is 7.90. The first-order valence-corrected chi connectivity index (χ1v) is 9.85. The predicted molar refractivity (Wildman–Crippen MR) is 89.5 cm³/mol. The summed E-state index contributed by atoms with van der Waals surface area (Å²) in [6.45, 7) is 6.74. The molecular formula is C17H21FN2O3S. The van der Waals surface area contributed by atoms with Crippen LogP contribution < -0.4 is 4.74 Å². The molecular weight excluding hydrogens is 331 g/mol. The Hall–Kier alpha value is -1.89. The van der Waals surface area contributed by atoms with Crippen LogP contribution in [-0.4, -0.2) is 30.6 Å². The van der Waals surface area contributed by atoms with Gasteiger partial charge in [0, 0.05) is 30.3 Å². The average molecular weight is 352 g/mol. The van der Waals surface area contributed by atoms with Gasteiger partial charge < -0.3 is 4.74 Å². The summed E-state index contributed by atoms with van der Waals surface area (Å²) in [5, 5.41) is 4.53. The van der Waals surface area contributed by atoms with Crippen LogP contribution in [0.2, 0.25) is 0 Å². The molecule has 1 aliphatic rings. The van der Waals surface area contributed by atoms with Crippen molar-refractivity contribution in [3.63, 3.8) is 0 Å². The first kappa shape index (κ1) is 17.0. The monoisotopic (exact) mass is 352 g/mol. The zero-order chi connectivity index (χ0) is 17.6. The van der Waals surface area contributed by atoms with Gasteiger partial charge in [-0.15, -0.1) is 0 Å². The quantitative estimate of drug-likeness (QED) is 0.849. The van der Waals surface area contributed by atoms with Gasteiger partial charge in [0.1, 0.15) is 11.5 Å². The third kappa shape index (κ3) is 2.92. The van der Waals surface area contributed by atoms with Crippen molar-refractivity contribution >= 4 is 9.84 Å². The molecule has 2 aromatic rings. The fourth-order valence-corrected chi connectivity index (χ4v) is 3.56. The Balaban J connectivity index is 2.17. The molecule has 0 radical (unpaired) electrons. The number of aryl methyl sites for hydroxylation is 1. The maximum atomic E-state index is 14.6. The minimum Gasteiger partial charge on any atom is -0.475 e. The standard InChI is InChI=1S/C17H21FN2O3S/c1-10(2)15-16(19-20-8-7-11(3)23-17(15)20)13-6-5-12(9-14(13)18)24(4,21)22/h5-6,9-11H,7-8H2,1-4H3/t11-/m1/s1. The molecule has 5 nitrogen and oxygen atoms in total. The van der Waals surface area contributed by atoms with Gasteiger partial charge in [0.15, 0.2) is 9.84 Å². The molecule has 0 fully saturated rings. The number of fused-ring (bicyclic) bond motifs is 1. The molecule has 3 rings (SSSR count). The summed E-state index contributed by atoms with van der Waals surface area (Å²) in [6, 6.07) is 3.95. The predicted octanol–water partition coefficient (Wildman–Crippen LogP) is 3.39. The molecule has 7 heteroatoms. The van der Waals surface area contributed by atoms with E-state index >= 15 is 0 Å². The summed E-state index contributed by atoms with van der Waals surface area (Å²) in [7, 11) is -3.45. The molecule has 0 aliphatic carbocycles. The molecule has 0 N–H and O–H groups in total. The Bertz CT molecular complexity index is 887. The molecule has 130 valence electrons. The van der Waals surface area contributed by atoms with Gasteiger partial charge >= 0.3 is 0 Å². The van der Waals surface area contributed by atoms with Gasteiger partial charge in [-0.3, -0.25) is 0 Å². The Kier molecular flexibility index (Phi) is 4.15. The Morgan fingerprint density at radius 3 is 2.67 bits per heavy atom. The summed E-state index contributed by atoms with van der Waals surface area (Å²) < 4.78 is 45.5. The molecule has 1 aliphatic heterocycles. The number of hydrogen-bond acceptors (Lipinski definition) is 4. The van der Waals surface area contributed by atoms with E-state index in [0.717, 1.165) is 30.9 Å². The van der Waals surface area contributed by atoms with E-state index in [-0.39, 0.29) is 16.9 Å². The second kappa shape index (κ2) is 5.88. The number of hydrogen-bond donors (Lipinski definition) is 0. The number of nitrogens with zero attached hydrogens (tertiary/aromatic N) is 2. The second-order valence-corrected chi connectivity index (χ2v) is 8.59. The van der Waals surface area contributed by atoms with Crippen molar-refractivity contribution in [2.24, 2.45) is 0 Å². The maximum absolute atomic E-state index is 14.6. The number of halogens is 1. The first-order chi connectivity index (χ1) is 11.2. The van der Waals surface area contributed by atoms with E-state index in [0.29, 0.717) is 17.1 Å². The van der Waals surface area contributed by atoms with Crippen LogP contribution in [0.1, 0.15) is 38.7 Å². The fraction of sp³-hybridized carbons (Fsp3) is 0.471. The van der Waals surface area contributed by atoms with E-state index in [1.54, 1.807) is 4.68 Å². The van der Waals surface area contributed by atoms with Gasteiger partial charge in [0.25, 0.3) is 0 Å². The van der Waals surface area contributed by atoms with Gasteiger partial charge in [-0.05, 0) is 31.0 Å². The normalized spacial score (nSPS) is 17.7. The Morgan fingerprint density at radius 1 is 1.38 bits per heavy atom. The van der Waals surface area contributed by atoms with Crippen LogP contribution >= 0.6 is 0 Å². The molecule has 1 aromatic heterocycles. The molecule has 0 saturated heterocycles. The van der Waals surface area contributed by atoms with Crippen LogP contribution in [0.3, 0.4) is 0 Å². The first-order valence-electron chi connectivity index (χ1n) is 7.95. The van der Waals surface area contributed by atoms with Crippen LogP contribution in [0, 0.1) is 5.82 Å². The van der Waals surface area contributed by atoms with Gasteiger partial charge in [-0.2, -0.15) is 5.10 Å². The number of rotatable bonds is 3. The number of aromatic nitrogens is 2. The summed E-state index contributed by atoms with van der Waals surface area (Å²) in [5.41, 5.74) is 1.67. The van der Waals surface area contributed by atoms with E-state index in [2.05, 4.69) is 5.10 Å². The van der Waals surface area contributed by atoms with Crippen molar-refractivity contribution in [1.29, 1.82) is 0 Å². The molecule has 0 bridgehead atoms. The van der Waals surface area contributed by atoms with Crippen LogP contribution in [-0.2, 0) is 16.4 Å². The number of benzene rings is 1. The van der Waals surface area contributed by atoms with Gasteiger partial charge in [-0.1, -0.05) is 13.8 Å². The molecule has 0 saturated carbocycles. The van der Waals surface area contributed by atoms with Crippen molar-refractivity contribution in [2.45, 2.75) is 50.7 Å². The van der Waals surface area contributed by atoms with Gasteiger partial charge in [0.05, 0.1) is 11.0 Å². The summed E-state index contributed by atoms with van der Waals surface area (Å²) >= 11 is 0. The summed E-state index contributed by atoms with van der Waals surface area (Å²) in [4.78, 5) is -0.0382. The zero-order valence-corrected chi connectivity index (χ0v) is 15.0. The third-order valence-electron chi connectivity index (χ3n) is 4.20. The van der Waals surface area contributed by atoms with E-state index in [9.17, 15) is 12.8 Å². The number of ether oxygens (including phenoxy) is 1. The minimum atomic E-state index is -3.45. The van der Waals surface area contributed by atoms with Crippen molar-refractivity contribution < 1.29 is 17.5 Å². The highest BCUT2D eigenvalue weighted by Gasteiger charge is 2.28. The number of sulfone groups is 1. The molecule has 0 spiro atoms. The minimum absolute atomic E-state index is 0.0382. The van der Waals surface area contributed by atoms with E-state index in [1.807, 2.05) is 20.8 Å². The zero-order valence-electron chi connectivity index (χ0n) is 14.2. The SMILES string of the molecule is CC(C)c1c(-c2ccc(S(C)(=O)=O)cc2F)nn2c1O[C@H](C)CC2. The lowest BCUT2D eigenvalue weighted by atomic mass is 9.98. The lowest BCUT2D eigenvalue weighted by molar-refractivity contribution is 0.147. The molecule has 1 aromatic carbocycles. The lowest BCUT2D eigenvalue weighted by Gasteiger charge is -2.23. The summed E-state index contributed by atoms with van der Waals surface area (Å²) in [6.07, 6.45) is 2.00. The van der Waals surface area contributed by atoms with Crippen molar-refractivity contribution in [2.75, 3.05) is 6.26 Å². The van der Waals surface area contributed by atoms with Gasteiger partial charge in [0.2, 0.25) is 5.88 Å². The van der Waals surface area contributed by atoms with E-state index in [1.165, 1.54) is 12.1 Å². The second-order valence-electron chi connectivity index (χ2n) is 6.58. The van der Waals surface area contributed by atoms with Crippen LogP contribution in [0.25, 0.3) is 11.3 Å².